The smallest absolute Gasteiger partial charge is 0.240 e. The van der Waals surface area contributed by atoms with Crippen molar-refractivity contribution in [3.63, 3.8) is 0 Å². The van der Waals surface area contributed by atoms with Crippen LogP contribution in [0.3, 0.4) is 0 Å². The van der Waals surface area contributed by atoms with Gasteiger partial charge in [-0.3, -0.25) is 4.79 Å². The highest BCUT2D eigenvalue weighted by molar-refractivity contribution is 14.0. The zero-order chi connectivity index (χ0) is 18.3. The number of rotatable bonds is 5. The summed E-state index contributed by atoms with van der Waals surface area (Å²) in [6, 6.07) is 4.92. The van der Waals surface area contributed by atoms with Crippen LogP contribution >= 0.6 is 39.9 Å². The number of nitrogens with zero attached hydrogens (tertiary/aromatic N) is 2. The highest BCUT2D eigenvalue weighted by Crippen LogP contribution is 2.16. The topological polar surface area (TPSA) is 56.7 Å². The first-order valence-corrected chi connectivity index (χ1v) is 8.66. The Labute approximate surface area is 175 Å². The summed E-state index contributed by atoms with van der Waals surface area (Å²) >= 11 is 3.13. The van der Waals surface area contributed by atoms with Crippen molar-refractivity contribution in [3.05, 3.63) is 34.1 Å². The van der Waals surface area contributed by atoms with Gasteiger partial charge in [-0.2, -0.15) is 0 Å². The third kappa shape index (κ3) is 9.39. The molecule has 0 radical (unpaired) electrons. The lowest BCUT2D eigenvalue weighted by atomic mass is 10.1. The summed E-state index contributed by atoms with van der Waals surface area (Å²) in [4.78, 5) is 18.3. The predicted octanol–water partition coefficient (Wildman–Crippen LogP) is 3.52. The second-order valence-corrected chi connectivity index (χ2v) is 7.43. The van der Waals surface area contributed by atoms with E-state index in [1.807, 2.05) is 33.8 Å². The normalized spacial score (nSPS) is 11.6. The van der Waals surface area contributed by atoms with Gasteiger partial charge in [0.1, 0.15) is 5.82 Å². The second-order valence-electron chi connectivity index (χ2n) is 6.57. The van der Waals surface area contributed by atoms with Crippen LogP contribution in [0.4, 0.5) is 4.39 Å². The Morgan fingerprint density at radius 2 is 2.00 bits per heavy atom. The fourth-order valence-electron chi connectivity index (χ4n) is 2.02. The first kappa shape index (κ1) is 24.1. The van der Waals surface area contributed by atoms with Crippen molar-refractivity contribution in [1.29, 1.82) is 0 Å². The van der Waals surface area contributed by atoms with E-state index >= 15 is 0 Å². The van der Waals surface area contributed by atoms with E-state index in [1.54, 1.807) is 18.0 Å². The van der Waals surface area contributed by atoms with E-state index in [1.165, 1.54) is 6.07 Å². The molecule has 0 unspecified atom stereocenters. The van der Waals surface area contributed by atoms with E-state index in [9.17, 15) is 9.18 Å². The van der Waals surface area contributed by atoms with E-state index in [4.69, 9.17) is 0 Å². The minimum atomic E-state index is -0.314. The van der Waals surface area contributed by atoms with Crippen molar-refractivity contribution < 1.29 is 9.18 Å². The molecule has 2 N–H and O–H groups in total. The molecule has 0 aliphatic carbocycles. The van der Waals surface area contributed by atoms with Gasteiger partial charge < -0.3 is 15.5 Å². The molecule has 0 saturated carbocycles. The molecule has 5 nitrogen and oxygen atoms in total. The SMILES string of the molecule is CCNC(=NCc1ccc(Br)c(F)c1)N(C)CC(=O)NC(C)(C)C.I. The molecule has 0 saturated heterocycles. The summed E-state index contributed by atoms with van der Waals surface area (Å²) in [6.07, 6.45) is 0. The van der Waals surface area contributed by atoms with Gasteiger partial charge in [-0.05, 0) is 61.3 Å². The quantitative estimate of drug-likeness (QED) is 0.349. The van der Waals surface area contributed by atoms with E-state index in [0.717, 1.165) is 5.56 Å². The van der Waals surface area contributed by atoms with Gasteiger partial charge in [0.25, 0.3) is 0 Å². The lowest BCUT2D eigenvalue weighted by molar-refractivity contribution is -0.122. The highest BCUT2D eigenvalue weighted by Gasteiger charge is 2.16. The molecule has 1 aromatic rings. The third-order valence-electron chi connectivity index (χ3n) is 2.99. The van der Waals surface area contributed by atoms with Gasteiger partial charge in [0.05, 0.1) is 17.6 Å². The molecule has 1 rings (SSSR count). The number of hydrogen-bond donors (Lipinski definition) is 2. The van der Waals surface area contributed by atoms with Crippen molar-refractivity contribution >= 4 is 51.8 Å². The van der Waals surface area contributed by atoms with Gasteiger partial charge in [-0.25, -0.2) is 9.38 Å². The largest absolute Gasteiger partial charge is 0.357 e. The number of benzene rings is 1. The number of carbonyl (C=O) groups is 1. The van der Waals surface area contributed by atoms with Crippen LogP contribution in [-0.4, -0.2) is 42.4 Å². The molecule has 8 heteroatoms. The van der Waals surface area contributed by atoms with Crippen LogP contribution in [-0.2, 0) is 11.3 Å². The van der Waals surface area contributed by atoms with E-state index in [-0.39, 0.29) is 47.8 Å². The Bertz CT molecular complexity index is 605. The maximum absolute atomic E-state index is 13.6. The van der Waals surface area contributed by atoms with Crippen molar-refractivity contribution in [2.75, 3.05) is 20.1 Å². The van der Waals surface area contributed by atoms with Gasteiger partial charge in [0.2, 0.25) is 5.91 Å². The molecule has 142 valence electrons. The van der Waals surface area contributed by atoms with Crippen molar-refractivity contribution in [3.8, 4) is 0 Å². The number of likely N-dealkylation sites (N-methyl/N-ethyl adjacent to an activating group) is 1. The highest BCUT2D eigenvalue weighted by atomic mass is 127. The van der Waals surface area contributed by atoms with Gasteiger partial charge in [0, 0.05) is 19.1 Å². The van der Waals surface area contributed by atoms with Crippen LogP contribution in [0.5, 0.6) is 0 Å². The molecule has 0 bridgehead atoms. The number of hydrogen-bond acceptors (Lipinski definition) is 2. The summed E-state index contributed by atoms with van der Waals surface area (Å²) in [5.74, 6) is 0.209. The van der Waals surface area contributed by atoms with E-state index in [0.29, 0.717) is 23.5 Å². The monoisotopic (exact) mass is 528 g/mol. The fourth-order valence-corrected chi connectivity index (χ4v) is 2.27. The number of aliphatic imine (C=N–C) groups is 1. The van der Waals surface area contributed by atoms with Crippen LogP contribution in [0.1, 0.15) is 33.3 Å². The number of halogens is 3. The Morgan fingerprint density at radius 3 is 2.52 bits per heavy atom. The molecule has 1 amide bonds. The summed E-state index contributed by atoms with van der Waals surface area (Å²) in [6.45, 7) is 8.97. The summed E-state index contributed by atoms with van der Waals surface area (Å²) in [5.41, 5.74) is 0.487. The van der Waals surface area contributed by atoms with Gasteiger partial charge in [-0.15, -0.1) is 24.0 Å². The summed E-state index contributed by atoms with van der Waals surface area (Å²) < 4.78 is 14.0. The Morgan fingerprint density at radius 1 is 1.36 bits per heavy atom. The first-order valence-electron chi connectivity index (χ1n) is 7.86. The summed E-state index contributed by atoms with van der Waals surface area (Å²) in [7, 11) is 1.80. The molecule has 0 aromatic heterocycles. The molecule has 0 heterocycles. The van der Waals surface area contributed by atoms with Crippen LogP contribution in [0.2, 0.25) is 0 Å². The number of guanidine groups is 1. The van der Waals surface area contributed by atoms with Crippen molar-refractivity contribution in [2.24, 2.45) is 4.99 Å². The van der Waals surface area contributed by atoms with Crippen molar-refractivity contribution in [2.45, 2.75) is 39.8 Å². The first-order chi connectivity index (χ1) is 11.1. The molecule has 0 aliphatic heterocycles. The third-order valence-corrected chi connectivity index (χ3v) is 3.63. The number of carbonyl (C=O) groups excluding carboxylic acids is 1. The number of amides is 1. The molecule has 0 fully saturated rings. The summed E-state index contributed by atoms with van der Waals surface area (Å²) in [5, 5.41) is 6.06. The molecule has 1 aromatic carbocycles. The molecular weight excluding hydrogens is 502 g/mol. The van der Waals surface area contributed by atoms with Crippen LogP contribution in [0.25, 0.3) is 0 Å². The molecular formula is C17H27BrFIN4O. The zero-order valence-corrected chi connectivity index (χ0v) is 19.2. The fraction of sp³-hybridized carbons (Fsp3) is 0.529. The number of nitrogens with one attached hydrogen (secondary N) is 2. The van der Waals surface area contributed by atoms with Gasteiger partial charge >= 0.3 is 0 Å². The molecule has 0 aliphatic rings. The molecule has 25 heavy (non-hydrogen) atoms. The minimum absolute atomic E-state index is 0. The second kappa shape index (κ2) is 10.9. The predicted molar refractivity (Wildman–Crippen MR) is 115 cm³/mol. The van der Waals surface area contributed by atoms with Crippen LogP contribution in [0, 0.1) is 5.82 Å². The Kier molecular flexibility index (Phi) is 10.6. The lowest BCUT2D eigenvalue weighted by Gasteiger charge is -2.25. The Balaban J connectivity index is 0.00000576. The Hall–Kier alpha value is -0.900. The van der Waals surface area contributed by atoms with Crippen LogP contribution in [0.15, 0.2) is 27.7 Å². The maximum Gasteiger partial charge on any atom is 0.240 e. The molecule has 0 spiro atoms. The molecule has 0 atom stereocenters. The minimum Gasteiger partial charge on any atom is -0.357 e. The maximum atomic E-state index is 13.6. The zero-order valence-electron chi connectivity index (χ0n) is 15.3. The average Bonchev–Trinajstić information content (AvgIpc) is 2.44. The van der Waals surface area contributed by atoms with Gasteiger partial charge in [-0.1, -0.05) is 6.07 Å². The lowest BCUT2D eigenvalue weighted by Crippen LogP contribution is -2.48. The van der Waals surface area contributed by atoms with Gasteiger partial charge in [0.15, 0.2) is 5.96 Å². The standard InChI is InChI=1S/C17H26BrFN4O.HI/c1-6-20-16(23(5)11-15(24)22-17(2,3)4)21-10-12-7-8-13(18)14(19)9-12;/h7-9H,6,10-11H2,1-5H3,(H,20,21)(H,22,24);1H. The van der Waals surface area contributed by atoms with E-state index in [2.05, 4.69) is 31.6 Å². The van der Waals surface area contributed by atoms with Crippen LogP contribution < -0.4 is 10.6 Å². The van der Waals surface area contributed by atoms with E-state index < -0.39 is 0 Å². The van der Waals surface area contributed by atoms with Crippen molar-refractivity contribution in [1.82, 2.24) is 15.5 Å². The average molecular weight is 529 g/mol.